The SMILES string of the molecule is Cc1ccc(Cl)c(NC2CCCc3ccc(O)cc32)c1. The van der Waals surface area contributed by atoms with Gasteiger partial charge in [-0.15, -0.1) is 0 Å². The molecule has 0 saturated heterocycles. The summed E-state index contributed by atoms with van der Waals surface area (Å²) in [5.74, 6) is 0.327. The third kappa shape index (κ3) is 2.61. The molecular formula is C17H18ClNO. The summed E-state index contributed by atoms with van der Waals surface area (Å²) in [7, 11) is 0. The Kier molecular flexibility index (Phi) is 3.58. The zero-order valence-corrected chi connectivity index (χ0v) is 12.2. The molecule has 1 atom stereocenters. The molecule has 2 aromatic rings. The van der Waals surface area contributed by atoms with Crippen LogP contribution in [0.2, 0.25) is 5.02 Å². The fourth-order valence-electron chi connectivity index (χ4n) is 2.87. The third-order valence-corrected chi connectivity index (χ3v) is 4.22. The van der Waals surface area contributed by atoms with Crippen LogP contribution in [0, 0.1) is 6.92 Å². The van der Waals surface area contributed by atoms with Gasteiger partial charge in [0, 0.05) is 0 Å². The van der Waals surface area contributed by atoms with E-state index in [2.05, 4.69) is 18.3 Å². The minimum atomic E-state index is 0.213. The lowest BCUT2D eigenvalue weighted by molar-refractivity contribution is 0.471. The van der Waals surface area contributed by atoms with Gasteiger partial charge in [-0.2, -0.15) is 0 Å². The second kappa shape index (κ2) is 5.37. The Hall–Kier alpha value is -1.67. The second-order valence-electron chi connectivity index (χ2n) is 5.46. The molecule has 0 spiro atoms. The summed E-state index contributed by atoms with van der Waals surface area (Å²) in [4.78, 5) is 0. The summed E-state index contributed by atoms with van der Waals surface area (Å²) in [5, 5.41) is 14.0. The number of anilines is 1. The molecule has 1 aliphatic rings. The molecule has 2 nitrogen and oxygen atoms in total. The maximum absolute atomic E-state index is 9.72. The smallest absolute Gasteiger partial charge is 0.115 e. The first-order chi connectivity index (χ1) is 9.63. The van der Waals surface area contributed by atoms with Gasteiger partial charge in [0.1, 0.15) is 5.75 Å². The van der Waals surface area contributed by atoms with Gasteiger partial charge in [-0.25, -0.2) is 0 Å². The molecule has 0 heterocycles. The fraction of sp³-hybridized carbons (Fsp3) is 0.294. The lowest BCUT2D eigenvalue weighted by Gasteiger charge is -2.28. The molecule has 3 heteroatoms. The number of benzene rings is 2. The normalized spacial score (nSPS) is 17.6. The number of phenols is 1. The summed E-state index contributed by atoms with van der Waals surface area (Å²) in [6, 6.07) is 11.9. The number of halogens is 1. The Labute approximate surface area is 124 Å². The van der Waals surface area contributed by atoms with Crippen LogP contribution in [0.15, 0.2) is 36.4 Å². The highest BCUT2D eigenvalue weighted by molar-refractivity contribution is 6.33. The highest BCUT2D eigenvalue weighted by atomic mass is 35.5. The van der Waals surface area contributed by atoms with E-state index in [4.69, 9.17) is 11.6 Å². The van der Waals surface area contributed by atoms with E-state index in [1.807, 2.05) is 24.3 Å². The van der Waals surface area contributed by atoms with Crippen molar-refractivity contribution in [3.63, 3.8) is 0 Å². The van der Waals surface area contributed by atoms with E-state index in [1.165, 1.54) is 16.7 Å². The number of hydrogen-bond donors (Lipinski definition) is 2. The third-order valence-electron chi connectivity index (χ3n) is 3.90. The minimum absolute atomic E-state index is 0.213. The number of fused-ring (bicyclic) bond motifs is 1. The van der Waals surface area contributed by atoms with Gasteiger partial charge in [0.05, 0.1) is 16.8 Å². The first-order valence-electron chi connectivity index (χ1n) is 6.98. The molecule has 0 amide bonds. The number of phenolic OH excluding ortho intramolecular Hbond substituents is 1. The van der Waals surface area contributed by atoms with Crippen LogP contribution in [-0.4, -0.2) is 5.11 Å². The van der Waals surface area contributed by atoms with Crippen LogP contribution in [0.25, 0.3) is 0 Å². The van der Waals surface area contributed by atoms with Crippen LogP contribution in [0.5, 0.6) is 5.75 Å². The lowest BCUT2D eigenvalue weighted by Crippen LogP contribution is -2.17. The second-order valence-corrected chi connectivity index (χ2v) is 5.86. The van der Waals surface area contributed by atoms with Crippen LogP contribution >= 0.6 is 11.6 Å². The average molecular weight is 288 g/mol. The number of aryl methyl sites for hydroxylation is 2. The average Bonchev–Trinajstić information content (AvgIpc) is 2.43. The van der Waals surface area contributed by atoms with Gasteiger partial charge >= 0.3 is 0 Å². The van der Waals surface area contributed by atoms with E-state index in [0.29, 0.717) is 5.75 Å². The fourth-order valence-corrected chi connectivity index (χ4v) is 3.05. The van der Waals surface area contributed by atoms with Crippen molar-refractivity contribution in [1.29, 1.82) is 0 Å². The molecule has 2 N–H and O–H groups in total. The number of aromatic hydroxyl groups is 1. The van der Waals surface area contributed by atoms with Crippen molar-refractivity contribution < 1.29 is 5.11 Å². The largest absolute Gasteiger partial charge is 0.508 e. The van der Waals surface area contributed by atoms with Gasteiger partial charge in [-0.05, 0) is 67.1 Å². The van der Waals surface area contributed by atoms with Crippen molar-refractivity contribution in [2.45, 2.75) is 32.2 Å². The molecule has 3 rings (SSSR count). The maximum atomic E-state index is 9.72. The monoisotopic (exact) mass is 287 g/mol. The molecule has 0 radical (unpaired) electrons. The predicted octanol–water partition coefficient (Wildman–Crippen LogP) is 4.84. The molecule has 20 heavy (non-hydrogen) atoms. The zero-order chi connectivity index (χ0) is 14.1. The van der Waals surface area contributed by atoms with Gasteiger partial charge in [-0.3, -0.25) is 0 Å². The first-order valence-corrected chi connectivity index (χ1v) is 7.36. The van der Waals surface area contributed by atoms with Crippen LogP contribution in [0.3, 0.4) is 0 Å². The highest BCUT2D eigenvalue weighted by Crippen LogP contribution is 2.36. The van der Waals surface area contributed by atoms with Crippen molar-refractivity contribution >= 4 is 17.3 Å². The Morgan fingerprint density at radius 2 is 2.05 bits per heavy atom. The summed E-state index contributed by atoms with van der Waals surface area (Å²) >= 11 is 6.26. The molecular weight excluding hydrogens is 270 g/mol. The van der Waals surface area contributed by atoms with Crippen LogP contribution in [-0.2, 0) is 6.42 Å². The quantitative estimate of drug-likeness (QED) is 0.828. The molecule has 0 aromatic heterocycles. The van der Waals surface area contributed by atoms with Gasteiger partial charge in [-0.1, -0.05) is 23.7 Å². The molecule has 2 aromatic carbocycles. The molecule has 0 aliphatic heterocycles. The first kappa shape index (κ1) is 13.3. The van der Waals surface area contributed by atoms with Crippen molar-refractivity contribution in [2.24, 2.45) is 0 Å². The Morgan fingerprint density at radius 3 is 2.90 bits per heavy atom. The van der Waals surface area contributed by atoms with E-state index in [0.717, 1.165) is 30.0 Å². The molecule has 0 fully saturated rings. The van der Waals surface area contributed by atoms with Crippen molar-refractivity contribution in [3.8, 4) is 5.75 Å². The van der Waals surface area contributed by atoms with E-state index in [9.17, 15) is 5.11 Å². The zero-order valence-electron chi connectivity index (χ0n) is 11.5. The summed E-state index contributed by atoms with van der Waals surface area (Å²) in [6.45, 7) is 2.06. The van der Waals surface area contributed by atoms with Crippen LogP contribution in [0.4, 0.5) is 5.69 Å². The minimum Gasteiger partial charge on any atom is -0.508 e. The summed E-state index contributed by atoms with van der Waals surface area (Å²) < 4.78 is 0. The molecule has 1 aliphatic carbocycles. The van der Waals surface area contributed by atoms with E-state index in [-0.39, 0.29) is 6.04 Å². The highest BCUT2D eigenvalue weighted by Gasteiger charge is 2.21. The van der Waals surface area contributed by atoms with E-state index in [1.54, 1.807) is 6.07 Å². The molecule has 0 saturated carbocycles. The summed E-state index contributed by atoms with van der Waals surface area (Å²) in [6.07, 6.45) is 3.29. The lowest BCUT2D eigenvalue weighted by atomic mass is 9.87. The number of nitrogens with one attached hydrogen (secondary N) is 1. The van der Waals surface area contributed by atoms with Crippen LogP contribution < -0.4 is 5.32 Å². The molecule has 1 unspecified atom stereocenters. The van der Waals surface area contributed by atoms with Gasteiger partial charge in [0.25, 0.3) is 0 Å². The van der Waals surface area contributed by atoms with Crippen molar-refractivity contribution in [3.05, 3.63) is 58.1 Å². The standard InChI is InChI=1S/C17H18ClNO/c1-11-5-8-15(18)17(9-11)19-16-4-2-3-12-6-7-13(20)10-14(12)16/h5-10,16,19-20H,2-4H2,1H3. The van der Waals surface area contributed by atoms with E-state index >= 15 is 0 Å². The maximum Gasteiger partial charge on any atom is 0.115 e. The van der Waals surface area contributed by atoms with Crippen molar-refractivity contribution in [1.82, 2.24) is 0 Å². The van der Waals surface area contributed by atoms with Gasteiger partial charge in [0.15, 0.2) is 0 Å². The number of rotatable bonds is 2. The predicted molar refractivity (Wildman–Crippen MR) is 83.6 cm³/mol. The van der Waals surface area contributed by atoms with Crippen LogP contribution in [0.1, 0.15) is 35.6 Å². The molecule has 0 bridgehead atoms. The topological polar surface area (TPSA) is 32.3 Å². The Bertz CT molecular complexity index is 639. The molecule has 104 valence electrons. The van der Waals surface area contributed by atoms with Crippen molar-refractivity contribution in [2.75, 3.05) is 5.32 Å². The van der Waals surface area contributed by atoms with E-state index < -0.39 is 0 Å². The Morgan fingerprint density at radius 1 is 1.20 bits per heavy atom. The number of hydrogen-bond acceptors (Lipinski definition) is 2. The Balaban J connectivity index is 1.93. The van der Waals surface area contributed by atoms with Gasteiger partial charge in [0.2, 0.25) is 0 Å². The van der Waals surface area contributed by atoms with Gasteiger partial charge < -0.3 is 10.4 Å². The summed E-state index contributed by atoms with van der Waals surface area (Å²) in [5.41, 5.74) is 4.65.